The monoisotopic (exact) mass is 186 g/mol. The maximum absolute atomic E-state index is 2.48. The van der Waals surface area contributed by atoms with Crippen molar-refractivity contribution in [2.45, 2.75) is 65.2 Å². The molecule has 0 aliphatic heterocycles. The zero-order valence-electron chi connectivity index (χ0n) is 9.78. The van der Waals surface area contributed by atoms with Crippen molar-refractivity contribution in [2.24, 2.45) is 5.92 Å². The fourth-order valence-electron chi connectivity index (χ4n) is 2.42. The lowest BCUT2D eigenvalue weighted by Crippen LogP contribution is -2.38. The van der Waals surface area contributed by atoms with Crippen molar-refractivity contribution in [3.8, 4) is 0 Å². The molecule has 12 heavy (non-hydrogen) atoms. The normalized spacial score (nSPS) is 15.2. The van der Waals surface area contributed by atoms with E-state index in [1.807, 2.05) is 0 Å². The van der Waals surface area contributed by atoms with Crippen LogP contribution in [0.15, 0.2) is 0 Å². The van der Waals surface area contributed by atoms with E-state index in [0.29, 0.717) is 0 Å². The lowest BCUT2D eigenvalue weighted by atomic mass is 10.1. The minimum Gasteiger partial charge on any atom is -0.0678 e. The first kappa shape index (κ1) is 12.2. The molecule has 0 aromatic heterocycles. The summed E-state index contributed by atoms with van der Waals surface area (Å²) in [6.07, 6.45) is 0. The van der Waals surface area contributed by atoms with E-state index >= 15 is 0 Å². The Bertz CT molecular complexity index is 106. The van der Waals surface area contributed by atoms with E-state index in [-0.39, 0.29) is 0 Å². The molecule has 0 saturated heterocycles. The van der Waals surface area contributed by atoms with E-state index in [2.05, 4.69) is 41.5 Å². The Labute approximate surface area is 79.8 Å². The molecule has 1 atom stereocenters. The molecule has 0 aliphatic carbocycles. The molecule has 0 aromatic rings. The van der Waals surface area contributed by atoms with Crippen LogP contribution in [0.3, 0.4) is 0 Å². The van der Waals surface area contributed by atoms with Gasteiger partial charge in [0.1, 0.15) is 0 Å². The second kappa shape index (κ2) is 5.06. The highest BCUT2D eigenvalue weighted by Gasteiger charge is 2.34. The summed E-state index contributed by atoms with van der Waals surface area (Å²) >= 11 is 0. The first-order valence-electron chi connectivity index (χ1n) is 5.54. The van der Waals surface area contributed by atoms with Crippen molar-refractivity contribution in [1.82, 2.24) is 0 Å². The van der Waals surface area contributed by atoms with Gasteiger partial charge in [-0.1, -0.05) is 59.7 Å². The van der Waals surface area contributed by atoms with Gasteiger partial charge in [0.25, 0.3) is 0 Å². The molecule has 0 fully saturated rings. The van der Waals surface area contributed by atoms with Gasteiger partial charge in [0.15, 0.2) is 0 Å². The van der Waals surface area contributed by atoms with Crippen molar-refractivity contribution in [2.75, 3.05) is 0 Å². The van der Waals surface area contributed by atoms with E-state index in [1.54, 1.807) is 0 Å². The molecule has 0 nitrogen and oxygen atoms in total. The van der Waals surface area contributed by atoms with Gasteiger partial charge in [-0.3, -0.25) is 0 Å². The molecule has 74 valence electrons. The predicted molar refractivity (Wildman–Crippen MR) is 61.5 cm³/mol. The van der Waals surface area contributed by atoms with E-state index in [4.69, 9.17) is 0 Å². The Morgan fingerprint density at radius 3 is 1.25 bits per heavy atom. The quantitative estimate of drug-likeness (QED) is 0.553. The molecule has 0 bridgehead atoms. The highest BCUT2D eigenvalue weighted by atomic mass is 28.3. The van der Waals surface area contributed by atoms with Crippen LogP contribution in [0.4, 0.5) is 0 Å². The van der Waals surface area contributed by atoms with Crippen LogP contribution in [0.2, 0.25) is 23.7 Å². The van der Waals surface area contributed by atoms with Crippen molar-refractivity contribution in [3.63, 3.8) is 0 Å². The fraction of sp³-hybridized carbons (Fsp3) is 1.00. The minimum absolute atomic E-state index is 0.884. The largest absolute Gasteiger partial charge is 0.0678 e. The summed E-state index contributed by atoms with van der Waals surface area (Å²) in [5.41, 5.74) is 0.998. The van der Waals surface area contributed by atoms with Crippen LogP contribution in [-0.4, -0.2) is 8.07 Å². The van der Waals surface area contributed by atoms with E-state index in [1.165, 1.54) is 18.1 Å². The molecule has 0 N–H and O–H groups in total. The molecule has 0 spiro atoms. The SMILES string of the molecule is CC[Si](CC)(CC)C(C)C(C)C. The first-order valence-corrected chi connectivity index (χ1v) is 8.23. The average molecular weight is 186 g/mol. The smallest absolute Gasteiger partial charge is 0.0558 e. The number of hydrogen-bond acceptors (Lipinski definition) is 0. The molecule has 0 rings (SSSR count). The number of rotatable bonds is 5. The second-order valence-corrected chi connectivity index (χ2v) is 10.2. The van der Waals surface area contributed by atoms with Gasteiger partial charge in [0, 0.05) is 0 Å². The van der Waals surface area contributed by atoms with Gasteiger partial charge < -0.3 is 0 Å². The van der Waals surface area contributed by atoms with Crippen LogP contribution in [0.1, 0.15) is 41.5 Å². The molecule has 1 unspecified atom stereocenters. The number of hydrogen-bond donors (Lipinski definition) is 0. The fourth-order valence-corrected chi connectivity index (χ4v) is 7.27. The summed E-state index contributed by atoms with van der Waals surface area (Å²) in [5.74, 6) is 0.886. The van der Waals surface area contributed by atoms with Gasteiger partial charge in [0.2, 0.25) is 0 Å². The summed E-state index contributed by atoms with van der Waals surface area (Å²) < 4.78 is 0. The predicted octanol–water partition coefficient (Wildman–Crippen LogP) is 4.54. The minimum atomic E-state index is -0.884. The molecule has 0 aliphatic rings. The Balaban J connectivity index is 4.46. The molecule has 1 heteroatoms. The van der Waals surface area contributed by atoms with Crippen molar-refractivity contribution < 1.29 is 0 Å². The zero-order chi connectivity index (χ0) is 9.78. The first-order chi connectivity index (χ1) is 5.54. The highest BCUT2D eigenvalue weighted by Crippen LogP contribution is 2.37. The Hall–Kier alpha value is 0.217. The zero-order valence-corrected chi connectivity index (χ0v) is 10.8. The van der Waals surface area contributed by atoms with Gasteiger partial charge in [-0.2, -0.15) is 0 Å². The third-order valence-corrected chi connectivity index (χ3v) is 10.9. The van der Waals surface area contributed by atoms with Crippen molar-refractivity contribution in [1.29, 1.82) is 0 Å². The third kappa shape index (κ3) is 2.35. The molecule has 0 saturated carbocycles. The second-order valence-electron chi connectivity index (χ2n) is 4.46. The lowest BCUT2D eigenvalue weighted by molar-refractivity contribution is 0.596. The maximum Gasteiger partial charge on any atom is 0.0558 e. The van der Waals surface area contributed by atoms with Crippen LogP contribution < -0.4 is 0 Å². The summed E-state index contributed by atoms with van der Waals surface area (Å²) in [4.78, 5) is 0. The van der Waals surface area contributed by atoms with Gasteiger partial charge >= 0.3 is 0 Å². The summed E-state index contributed by atoms with van der Waals surface area (Å²) in [6.45, 7) is 14.4. The lowest BCUT2D eigenvalue weighted by Gasteiger charge is -2.37. The van der Waals surface area contributed by atoms with Gasteiger partial charge in [-0.25, -0.2) is 0 Å². The molecular weight excluding hydrogens is 160 g/mol. The van der Waals surface area contributed by atoms with Crippen molar-refractivity contribution >= 4 is 8.07 Å². The van der Waals surface area contributed by atoms with Crippen LogP contribution in [0.5, 0.6) is 0 Å². The van der Waals surface area contributed by atoms with Crippen LogP contribution in [0.25, 0.3) is 0 Å². The Kier molecular flexibility index (Phi) is 5.15. The molecule has 0 aromatic carbocycles. The molecule has 0 heterocycles. The highest BCUT2D eigenvalue weighted by molar-refractivity contribution is 6.81. The maximum atomic E-state index is 2.48. The average Bonchev–Trinajstić information content (AvgIpc) is 2.08. The Morgan fingerprint density at radius 1 is 0.833 bits per heavy atom. The van der Waals surface area contributed by atoms with E-state index < -0.39 is 8.07 Å². The van der Waals surface area contributed by atoms with Gasteiger partial charge in [-0.15, -0.1) is 0 Å². The van der Waals surface area contributed by atoms with Crippen molar-refractivity contribution in [3.05, 3.63) is 0 Å². The molecule has 0 amide bonds. The topological polar surface area (TPSA) is 0 Å². The third-order valence-electron chi connectivity index (χ3n) is 4.08. The van der Waals surface area contributed by atoms with Gasteiger partial charge in [0.05, 0.1) is 8.07 Å². The van der Waals surface area contributed by atoms with Crippen LogP contribution >= 0.6 is 0 Å². The summed E-state index contributed by atoms with van der Waals surface area (Å²) in [5, 5.41) is 0. The van der Waals surface area contributed by atoms with Crippen LogP contribution in [-0.2, 0) is 0 Å². The Morgan fingerprint density at radius 2 is 1.17 bits per heavy atom. The molecular formula is C11H26Si. The van der Waals surface area contributed by atoms with E-state index in [9.17, 15) is 0 Å². The standard InChI is InChI=1S/C11H26Si/c1-7-12(8-2,9-3)11(6)10(4)5/h10-11H,7-9H2,1-6H3. The van der Waals surface area contributed by atoms with Crippen LogP contribution in [0, 0.1) is 5.92 Å². The summed E-state index contributed by atoms with van der Waals surface area (Å²) in [7, 11) is -0.884. The van der Waals surface area contributed by atoms with E-state index in [0.717, 1.165) is 11.5 Å². The molecule has 0 radical (unpaired) electrons. The summed E-state index contributed by atoms with van der Waals surface area (Å²) in [6, 6.07) is 4.41. The van der Waals surface area contributed by atoms with Gasteiger partial charge in [-0.05, 0) is 11.5 Å².